The Morgan fingerprint density at radius 2 is 0.784 bits per heavy atom. The summed E-state index contributed by atoms with van der Waals surface area (Å²) < 4.78 is 40.2. The molecule has 1 fully saturated rings. The molecule has 9 N–H and O–H groups in total. The number of carbonyl (C=O) groups excluding carboxylic acids is 3. The fourth-order valence-corrected chi connectivity index (χ4v) is 11.2. The van der Waals surface area contributed by atoms with E-state index in [1.165, 1.54) is 23.8 Å². The van der Waals surface area contributed by atoms with Gasteiger partial charge in [-0.25, -0.2) is 0 Å². The van der Waals surface area contributed by atoms with Crippen LogP contribution in [0, 0.1) is 26.2 Å². The van der Waals surface area contributed by atoms with Crippen LogP contribution < -0.4 is 60.3 Å². The third-order valence-corrected chi connectivity index (χ3v) is 16.7. The van der Waals surface area contributed by atoms with Crippen LogP contribution in [-0.4, -0.2) is 138 Å². The van der Waals surface area contributed by atoms with Crippen LogP contribution >= 0.6 is 0 Å². The maximum atomic E-state index is 12.0. The van der Waals surface area contributed by atoms with Crippen molar-refractivity contribution in [2.24, 2.45) is 5.41 Å². The van der Waals surface area contributed by atoms with Crippen molar-refractivity contribution in [1.29, 1.82) is 0 Å². The first-order valence-corrected chi connectivity index (χ1v) is 33.1. The number of aryl methyl sites for hydroxylation is 3. The highest BCUT2D eigenvalue weighted by molar-refractivity contribution is 6.01. The van der Waals surface area contributed by atoms with Gasteiger partial charge >= 0.3 is 0 Å². The molecule has 0 radical (unpaired) electrons. The second-order valence-corrected chi connectivity index (χ2v) is 25.3. The number of aromatic nitrogens is 9. The zero-order valence-electron chi connectivity index (χ0n) is 59.2. The largest absolute Gasteiger partial charge is 0.495 e. The summed E-state index contributed by atoms with van der Waals surface area (Å²) in [6, 6.07) is 40.3. The van der Waals surface area contributed by atoms with Crippen LogP contribution in [0.5, 0.6) is 34.9 Å². The van der Waals surface area contributed by atoms with Gasteiger partial charge in [-0.1, -0.05) is 110 Å². The van der Waals surface area contributed by atoms with Gasteiger partial charge in [-0.15, -0.1) is 0 Å². The second kappa shape index (κ2) is 31.7. The first-order valence-electron chi connectivity index (χ1n) is 33.1. The van der Waals surface area contributed by atoms with Gasteiger partial charge in [-0.05, 0) is 97.5 Å². The molecule has 6 aromatic carbocycles. The van der Waals surface area contributed by atoms with Gasteiger partial charge < -0.3 is 80.0 Å². The maximum absolute atomic E-state index is 12.0. The van der Waals surface area contributed by atoms with Gasteiger partial charge in [-0.3, -0.25) is 14.4 Å². The zero-order valence-corrected chi connectivity index (χ0v) is 59.2. The number of aromatic amines is 3. The van der Waals surface area contributed by atoms with Crippen LogP contribution in [0.3, 0.4) is 0 Å². The van der Waals surface area contributed by atoms with Crippen LogP contribution in [0.2, 0.25) is 0 Å². The number of nitrogens with zero attached hydrogens (tertiary/aromatic N) is 6. The number of ether oxygens (including phenoxy) is 7. The van der Waals surface area contributed by atoms with E-state index in [9.17, 15) is 14.4 Å². The minimum atomic E-state index is -0.195. The molecule has 0 unspecified atom stereocenters. The molecule has 1 aliphatic heterocycles. The Morgan fingerprint density at radius 3 is 1.12 bits per heavy atom. The number of carbonyl (C=O) groups is 3. The number of benzene rings is 6. The smallest absolute Gasteiger partial charge is 0.251 e. The van der Waals surface area contributed by atoms with Crippen molar-refractivity contribution >= 4 is 85.7 Å². The van der Waals surface area contributed by atoms with Crippen LogP contribution in [0.4, 0.5) is 34.9 Å². The van der Waals surface area contributed by atoms with E-state index in [0.717, 1.165) is 62.4 Å². The van der Waals surface area contributed by atoms with Crippen molar-refractivity contribution in [3.63, 3.8) is 0 Å². The number of methoxy groups -OCH3 is 4. The molecule has 0 atom stereocenters. The monoisotopic (exact) mass is 1380 g/mol. The van der Waals surface area contributed by atoms with Crippen LogP contribution in [0.15, 0.2) is 146 Å². The Balaban J connectivity index is 0.000000154. The van der Waals surface area contributed by atoms with E-state index in [1.807, 2.05) is 18.6 Å². The molecular weight excluding hydrogens is 1290 g/mol. The van der Waals surface area contributed by atoms with Crippen LogP contribution in [-0.2, 0) is 4.74 Å². The lowest BCUT2D eigenvalue weighted by Gasteiger charge is -2.23. The van der Waals surface area contributed by atoms with Crippen LogP contribution in [0.1, 0.15) is 81.4 Å². The lowest BCUT2D eigenvalue weighted by Crippen LogP contribution is -2.26. The van der Waals surface area contributed by atoms with E-state index in [2.05, 4.69) is 171 Å². The average Bonchev–Trinajstić information content (AvgIpc) is 1.60. The summed E-state index contributed by atoms with van der Waals surface area (Å²) in [6.45, 7) is 14.3. The molecule has 0 bridgehead atoms. The first-order chi connectivity index (χ1) is 49.3. The van der Waals surface area contributed by atoms with Crippen molar-refractivity contribution in [3.05, 3.63) is 179 Å². The molecule has 526 valence electrons. The topological polar surface area (TPSA) is 313 Å². The van der Waals surface area contributed by atoms with Gasteiger partial charge in [0.2, 0.25) is 35.5 Å². The Hall–Kier alpha value is -12.3. The molecule has 6 aromatic heterocycles. The summed E-state index contributed by atoms with van der Waals surface area (Å²) in [5.74, 6) is 3.40. The van der Waals surface area contributed by atoms with Gasteiger partial charge in [0, 0.05) is 86.0 Å². The molecule has 0 aliphatic carbocycles. The molecule has 3 amide bonds. The van der Waals surface area contributed by atoms with E-state index in [4.69, 9.17) is 53.1 Å². The molecule has 1 saturated heterocycles. The van der Waals surface area contributed by atoms with Gasteiger partial charge in [0.05, 0.1) is 81.5 Å². The molecule has 12 aromatic rings. The Labute approximate surface area is 590 Å². The number of fused-ring (bicyclic) bond motifs is 3. The summed E-state index contributed by atoms with van der Waals surface area (Å²) in [4.78, 5) is 73.7. The first kappa shape index (κ1) is 71.0. The number of H-pyrrole nitrogens is 3. The second-order valence-electron chi connectivity index (χ2n) is 25.3. The Kier molecular flexibility index (Phi) is 22.1. The van der Waals surface area contributed by atoms with Crippen molar-refractivity contribution in [1.82, 2.24) is 60.8 Å². The highest BCUT2D eigenvalue weighted by atomic mass is 16.5. The molecule has 13 rings (SSSR count). The number of hydrogen-bond donors (Lipinski definition) is 9. The van der Waals surface area contributed by atoms with Crippen LogP contribution in [0.25, 0.3) is 66.5 Å². The molecule has 1 aliphatic rings. The minimum Gasteiger partial charge on any atom is -0.495 e. The Morgan fingerprint density at radius 1 is 0.451 bits per heavy atom. The van der Waals surface area contributed by atoms with Gasteiger partial charge in [0.15, 0.2) is 0 Å². The standard InChI is InChI=1S/C27H29N5O4.C27H31N5O3.C23H23N5O3/c1-16-4-6-17(7-5-16)20-15-29-24-23(20)26(36-19-10-12-35-13-11-19)32-27(31-24)30-21-9-8-18(25(33)28-2)14-22(21)34-3;1-16-7-9-17(10-8-16)19-14-29-23-22(19)25(35-15-27(2,3)4)32-26(31-23)30-20-12-11-18(24(33)28-5)13-21(20)34-6;1-13-5-7-14(8-6-13)16-12-25-20-19(16)22(31-4)28-23(27-20)26-17-10-9-15(21(29)24-2)11-18(17)30-3/h4-9,14-15,19H,10-13H2,1-3H3,(H,28,33)(H2,29,30,31,32);7-14H,15H2,1-6H3,(H,28,33)(H2,29,30,31,32);5-12H,1-4H3,(H,24,29)(H2,25,26,27,28). The van der Waals surface area contributed by atoms with E-state index in [0.29, 0.717) is 123 Å². The average molecular weight is 1380 g/mol. The summed E-state index contributed by atoms with van der Waals surface area (Å²) in [5, 5.41) is 19.9. The highest BCUT2D eigenvalue weighted by Gasteiger charge is 2.25. The van der Waals surface area contributed by atoms with E-state index in [-0.39, 0.29) is 29.2 Å². The number of anilines is 6. The quantitative estimate of drug-likeness (QED) is 0.0342. The normalized spacial score (nSPS) is 12.1. The summed E-state index contributed by atoms with van der Waals surface area (Å²) >= 11 is 0. The summed E-state index contributed by atoms with van der Waals surface area (Å²) in [5.41, 5.74) is 14.9. The number of hydrogen-bond acceptors (Lipinski definition) is 19. The molecule has 102 heavy (non-hydrogen) atoms. The lowest BCUT2D eigenvalue weighted by molar-refractivity contribution is 0.0244. The molecule has 7 heterocycles. The minimum absolute atomic E-state index is 0.00634. The van der Waals surface area contributed by atoms with Gasteiger partial charge in [-0.2, -0.15) is 29.9 Å². The number of amides is 3. The predicted molar refractivity (Wildman–Crippen MR) is 397 cm³/mol. The SMILES string of the molecule is CNC(=O)c1ccc(Nc2nc(OC)c3c(-c4ccc(C)cc4)c[nH]c3n2)c(OC)c1.CNC(=O)c1ccc(Nc2nc(OC3CCOCC3)c3c(-c4ccc(C)cc4)c[nH]c3n2)c(OC)c1.CNC(=O)c1ccc(Nc2nc(OCC(C)(C)C)c3c(-c4ccc(C)cc4)c[nH]c3n2)c(OC)c1. The van der Waals surface area contributed by atoms with Gasteiger partial charge in [0.25, 0.3) is 17.7 Å². The molecular formula is C77H83N15O10. The zero-order chi connectivity index (χ0) is 72.2. The summed E-state index contributed by atoms with van der Waals surface area (Å²) in [7, 11) is 11.0. The fourth-order valence-electron chi connectivity index (χ4n) is 11.2. The number of rotatable bonds is 20. The maximum Gasteiger partial charge on any atom is 0.251 e. The third-order valence-electron chi connectivity index (χ3n) is 16.7. The fraction of sp³-hybridized carbons (Fsp3) is 0.260. The molecule has 25 nitrogen and oxygen atoms in total. The third kappa shape index (κ3) is 16.6. The molecule has 0 spiro atoms. The highest BCUT2D eigenvalue weighted by Crippen LogP contribution is 2.41. The number of nitrogens with one attached hydrogen (secondary N) is 9. The van der Waals surface area contributed by atoms with Crippen molar-refractivity contribution < 1.29 is 47.5 Å². The molecule has 0 saturated carbocycles. The van der Waals surface area contributed by atoms with E-state index < -0.39 is 0 Å². The van der Waals surface area contributed by atoms with E-state index >= 15 is 0 Å². The molecule has 25 heteroatoms. The van der Waals surface area contributed by atoms with E-state index in [1.54, 1.807) is 97.1 Å². The Bertz CT molecular complexity index is 4960. The predicted octanol–water partition coefficient (Wildman–Crippen LogP) is 14.1. The lowest BCUT2D eigenvalue weighted by atomic mass is 9.99. The summed E-state index contributed by atoms with van der Waals surface area (Å²) in [6.07, 6.45) is 7.36. The van der Waals surface area contributed by atoms with Crippen molar-refractivity contribution in [3.8, 4) is 68.3 Å². The van der Waals surface area contributed by atoms with Crippen molar-refractivity contribution in [2.75, 3.05) is 85.4 Å². The van der Waals surface area contributed by atoms with Gasteiger partial charge in [0.1, 0.15) is 40.3 Å². The van der Waals surface area contributed by atoms with Crippen molar-refractivity contribution in [2.45, 2.75) is 60.5 Å².